The molecular weight excluding hydrogens is 340 g/mol. The summed E-state index contributed by atoms with van der Waals surface area (Å²) in [7, 11) is 0. The van der Waals surface area contributed by atoms with Gasteiger partial charge in [-0.3, -0.25) is 9.69 Å². The van der Waals surface area contributed by atoms with Crippen molar-refractivity contribution < 1.29 is 9.53 Å². The normalized spacial score (nSPS) is 25.8. The molecule has 1 amide bonds. The molecule has 3 fully saturated rings. The van der Waals surface area contributed by atoms with Gasteiger partial charge in [-0.25, -0.2) is 9.97 Å². The summed E-state index contributed by atoms with van der Waals surface area (Å²) in [6.45, 7) is 8.47. The molecule has 1 atom stereocenters. The number of carbonyl (C=O) groups excluding carboxylic acids is 1. The molecule has 1 unspecified atom stereocenters. The number of piperidine rings is 2. The highest BCUT2D eigenvalue weighted by Gasteiger charge is 2.33. The number of aromatic nitrogens is 2. The molecule has 0 aliphatic carbocycles. The first-order valence-electron chi connectivity index (χ1n) is 10.6. The van der Waals surface area contributed by atoms with Crippen molar-refractivity contribution in [3.8, 4) is 0 Å². The summed E-state index contributed by atoms with van der Waals surface area (Å²) >= 11 is 0. The zero-order chi connectivity index (χ0) is 18.6. The van der Waals surface area contributed by atoms with Crippen LogP contribution in [0.5, 0.6) is 0 Å². The van der Waals surface area contributed by atoms with Gasteiger partial charge in [0.25, 0.3) is 0 Å². The number of ether oxygens (including phenoxy) is 1. The number of hydrogen-bond donors (Lipinski definition) is 0. The molecule has 0 aromatic carbocycles. The number of carbonyl (C=O) groups is 1. The number of nitrogens with zero attached hydrogens (tertiary/aromatic N) is 4. The summed E-state index contributed by atoms with van der Waals surface area (Å²) in [6, 6.07) is 2.03. The van der Waals surface area contributed by atoms with Crippen LogP contribution in [0, 0.1) is 24.7 Å². The van der Waals surface area contributed by atoms with Gasteiger partial charge in [0.15, 0.2) is 0 Å². The van der Waals surface area contributed by atoms with Crippen molar-refractivity contribution in [2.45, 2.75) is 45.6 Å². The minimum absolute atomic E-state index is 0.121. The lowest BCUT2D eigenvalue weighted by Gasteiger charge is -2.40. The minimum atomic E-state index is 0.121. The van der Waals surface area contributed by atoms with E-state index >= 15 is 0 Å². The van der Waals surface area contributed by atoms with Crippen LogP contribution in [0.25, 0.3) is 0 Å². The van der Waals surface area contributed by atoms with Crippen molar-refractivity contribution in [3.63, 3.8) is 0 Å². The molecule has 148 valence electrons. The Morgan fingerprint density at radius 1 is 1.11 bits per heavy atom. The number of aryl methyl sites for hydroxylation is 1. The van der Waals surface area contributed by atoms with Gasteiger partial charge in [0, 0.05) is 32.4 Å². The summed E-state index contributed by atoms with van der Waals surface area (Å²) in [5.74, 6) is 2.92. The number of rotatable bonds is 4. The van der Waals surface area contributed by atoms with E-state index in [0.717, 1.165) is 69.1 Å². The second-order valence-corrected chi connectivity index (χ2v) is 8.43. The molecular formula is C21H32N4O2. The average Bonchev–Trinajstić information content (AvgIpc) is 3.23. The van der Waals surface area contributed by atoms with Gasteiger partial charge in [-0.2, -0.15) is 0 Å². The van der Waals surface area contributed by atoms with Crippen LogP contribution in [0.2, 0.25) is 0 Å². The van der Waals surface area contributed by atoms with Gasteiger partial charge in [0.05, 0.1) is 18.2 Å². The lowest BCUT2D eigenvalue weighted by molar-refractivity contribution is -0.137. The smallest absolute Gasteiger partial charge is 0.228 e. The largest absolute Gasteiger partial charge is 0.381 e. The third kappa shape index (κ3) is 4.66. The minimum Gasteiger partial charge on any atom is -0.381 e. The third-order valence-electron chi connectivity index (χ3n) is 6.65. The zero-order valence-corrected chi connectivity index (χ0v) is 16.5. The van der Waals surface area contributed by atoms with E-state index in [-0.39, 0.29) is 5.92 Å². The Bertz CT molecular complexity index is 631. The predicted molar refractivity (Wildman–Crippen MR) is 103 cm³/mol. The molecule has 0 spiro atoms. The van der Waals surface area contributed by atoms with Crippen LogP contribution < -0.4 is 0 Å². The van der Waals surface area contributed by atoms with Crippen molar-refractivity contribution >= 4 is 5.91 Å². The highest BCUT2D eigenvalue weighted by atomic mass is 16.5. The quantitative estimate of drug-likeness (QED) is 0.811. The fourth-order valence-electron chi connectivity index (χ4n) is 4.98. The Balaban J connectivity index is 1.21. The molecule has 0 bridgehead atoms. The van der Waals surface area contributed by atoms with Crippen LogP contribution in [0.3, 0.4) is 0 Å². The molecule has 3 aliphatic rings. The fourth-order valence-corrected chi connectivity index (χ4v) is 4.98. The van der Waals surface area contributed by atoms with E-state index in [9.17, 15) is 4.79 Å². The van der Waals surface area contributed by atoms with Crippen LogP contribution >= 0.6 is 0 Å². The molecule has 6 heteroatoms. The standard InChI is InChI=1S/C21H32N4O2/c1-16-22-8-2-20(23-16)14-24-9-3-17(4-10-24)18-5-11-25(12-6-18)21(26)19-7-13-27-15-19/h2,8,17-19H,3-7,9-15H2,1H3. The van der Waals surface area contributed by atoms with Crippen LogP contribution in [0.15, 0.2) is 12.3 Å². The predicted octanol–water partition coefficient (Wildman–Crippen LogP) is 2.27. The molecule has 0 saturated carbocycles. The molecule has 4 rings (SSSR count). The van der Waals surface area contributed by atoms with Gasteiger partial charge in [-0.1, -0.05) is 0 Å². The maximum Gasteiger partial charge on any atom is 0.228 e. The summed E-state index contributed by atoms with van der Waals surface area (Å²) in [6.07, 6.45) is 7.67. The summed E-state index contributed by atoms with van der Waals surface area (Å²) in [5.41, 5.74) is 1.13. The van der Waals surface area contributed by atoms with E-state index in [4.69, 9.17) is 4.74 Å². The van der Waals surface area contributed by atoms with Crippen molar-refractivity contribution in [1.29, 1.82) is 0 Å². The number of amides is 1. The average molecular weight is 373 g/mol. The Morgan fingerprint density at radius 3 is 2.44 bits per heavy atom. The summed E-state index contributed by atoms with van der Waals surface area (Å²) in [5, 5.41) is 0. The monoisotopic (exact) mass is 372 g/mol. The second-order valence-electron chi connectivity index (χ2n) is 8.43. The molecule has 27 heavy (non-hydrogen) atoms. The van der Waals surface area contributed by atoms with Gasteiger partial charge in [0.2, 0.25) is 5.91 Å². The summed E-state index contributed by atoms with van der Waals surface area (Å²) in [4.78, 5) is 25.9. The van der Waals surface area contributed by atoms with Crippen LogP contribution in [-0.4, -0.2) is 65.1 Å². The molecule has 4 heterocycles. The topological polar surface area (TPSA) is 58.6 Å². The van der Waals surface area contributed by atoms with Crippen molar-refractivity contribution in [1.82, 2.24) is 19.8 Å². The van der Waals surface area contributed by atoms with Gasteiger partial charge in [-0.05, 0) is 70.0 Å². The fraction of sp³-hybridized carbons (Fsp3) is 0.762. The Labute approximate surface area is 162 Å². The van der Waals surface area contributed by atoms with E-state index in [2.05, 4.69) is 19.8 Å². The first-order chi connectivity index (χ1) is 13.2. The SMILES string of the molecule is Cc1nccc(CN2CCC(C3CCN(C(=O)C4CCOC4)CC3)CC2)n1. The van der Waals surface area contributed by atoms with Gasteiger partial charge >= 0.3 is 0 Å². The first kappa shape index (κ1) is 18.8. The van der Waals surface area contributed by atoms with Crippen LogP contribution in [0.4, 0.5) is 0 Å². The van der Waals surface area contributed by atoms with E-state index in [1.807, 2.05) is 19.2 Å². The van der Waals surface area contributed by atoms with Crippen molar-refractivity contribution in [2.75, 3.05) is 39.4 Å². The molecule has 0 N–H and O–H groups in total. The third-order valence-corrected chi connectivity index (χ3v) is 6.65. The summed E-state index contributed by atoms with van der Waals surface area (Å²) < 4.78 is 5.38. The molecule has 1 aromatic heterocycles. The Hall–Kier alpha value is -1.53. The number of likely N-dealkylation sites (tertiary alicyclic amines) is 2. The highest BCUT2D eigenvalue weighted by molar-refractivity contribution is 5.79. The number of hydrogen-bond acceptors (Lipinski definition) is 5. The molecule has 6 nitrogen and oxygen atoms in total. The highest BCUT2D eigenvalue weighted by Crippen LogP contribution is 2.33. The van der Waals surface area contributed by atoms with Crippen LogP contribution in [-0.2, 0) is 16.1 Å². The molecule has 1 aromatic rings. The first-order valence-corrected chi connectivity index (χ1v) is 10.6. The zero-order valence-electron chi connectivity index (χ0n) is 16.5. The van der Waals surface area contributed by atoms with E-state index in [0.29, 0.717) is 12.5 Å². The molecule has 3 saturated heterocycles. The molecule has 0 radical (unpaired) electrons. The van der Waals surface area contributed by atoms with Gasteiger partial charge in [0.1, 0.15) is 5.82 Å². The van der Waals surface area contributed by atoms with Gasteiger partial charge in [-0.15, -0.1) is 0 Å². The van der Waals surface area contributed by atoms with Crippen molar-refractivity contribution in [2.24, 2.45) is 17.8 Å². The Morgan fingerprint density at radius 2 is 1.81 bits per heavy atom. The van der Waals surface area contributed by atoms with Gasteiger partial charge < -0.3 is 9.64 Å². The molecule has 3 aliphatic heterocycles. The van der Waals surface area contributed by atoms with E-state index in [1.54, 1.807) is 0 Å². The maximum atomic E-state index is 12.6. The lowest BCUT2D eigenvalue weighted by Crippen LogP contribution is -2.44. The second kappa shape index (κ2) is 8.65. The van der Waals surface area contributed by atoms with Crippen LogP contribution in [0.1, 0.15) is 43.6 Å². The van der Waals surface area contributed by atoms with E-state index in [1.165, 1.54) is 25.7 Å². The maximum absolute atomic E-state index is 12.6. The lowest BCUT2D eigenvalue weighted by atomic mass is 9.78. The van der Waals surface area contributed by atoms with Crippen molar-refractivity contribution in [3.05, 3.63) is 23.8 Å². The Kier molecular flexibility index (Phi) is 6.03. The van der Waals surface area contributed by atoms with E-state index < -0.39 is 0 Å².